The van der Waals surface area contributed by atoms with Gasteiger partial charge in [-0.3, -0.25) is 9.59 Å². The molecular weight excluding hydrogens is 343 g/mol. The molecule has 2 aromatic rings. The number of hydrogen-bond acceptors (Lipinski definition) is 4. The lowest BCUT2D eigenvalue weighted by Crippen LogP contribution is -2.37. The molecule has 0 bridgehead atoms. The summed E-state index contributed by atoms with van der Waals surface area (Å²) >= 11 is 6.96. The maximum Gasteiger partial charge on any atom is 0.313 e. The molecule has 23 heavy (non-hydrogen) atoms. The molecule has 0 fully saturated rings. The molecule has 2 rings (SSSR count). The van der Waals surface area contributed by atoms with Crippen LogP contribution in [0, 0.1) is 12.7 Å². The molecule has 8 heteroatoms. The Bertz CT molecular complexity index is 735. The highest BCUT2D eigenvalue weighted by Crippen LogP contribution is 2.23. The van der Waals surface area contributed by atoms with Crippen molar-refractivity contribution in [2.24, 2.45) is 0 Å². The molecule has 0 radical (unpaired) electrons. The van der Waals surface area contributed by atoms with E-state index in [-0.39, 0.29) is 17.3 Å². The summed E-state index contributed by atoms with van der Waals surface area (Å²) in [6.45, 7) is 1.76. The Kier molecular flexibility index (Phi) is 5.70. The van der Waals surface area contributed by atoms with E-state index < -0.39 is 23.7 Å². The fraction of sp³-hybridized carbons (Fsp3) is 0.200. The van der Waals surface area contributed by atoms with Gasteiger partial charge in [-0.1, -0.05) is 11.6 Å². The second kappa shape index (κ2) is 7.54. The smallest absolute Gasteiger partial charge is 0.313 e. The lowest BCUT2D eigenvalue weighted by molar-refractivity contribution is -0.136. The van der Waals surface area contributed by atoms with E-state index in [0.29, 0.717) is 0 Å². The van der Waals surface area contributed by atoms with Gasteiger partial charge in [0.15, 0.2) is 0 Å². The van der Waals surface area contributed by atoms with Gasteiger partial charge in [0, 0.05) is 17.1 Å². The molecular formula is C15H14ClFN2O3S. The second-order valence-corrected chi connectivity index (χ2v) is 6.13. The molecule has 1 aromatic heterocycles. The zero-order chi connectivity index (χ0) is 17.0. The van der Waals surface area contributed by atoms with Gasteiger partial charge in [0.05, 0.1) is 5.02 Å². The molecule has 122 valence electrons. The van der Waals surface area contributed by atoms with Crippen LogP contribution in [0.3, 0.4) is 0 Å². The minimum absolute atomic E-state index is 0.0855. The second-order valence-electron chi connectivity index (χ2n) is 4.78. The van der Waals surface area contributed by atoms with Gasteiger partial charge in [-0.15, -0.1) is 11.3 Å². The molecule has 1 unspecified atom stereocenters. The van der Waals surface area contributed by atoms with Crippen molar-refractivity contribution in [3.63, 3.8) is 0 Å². The van der Waals surface area contributed by atoms with Crippen molar-refractivity contribution in [2.45, 2.75) is 13.0 Å². The number of aliphatic hydroxyl groups excluding tert-OH is 1. The summed E-state index contributed by atoms with van der Waals surface area (Å²) in [6, 6.07) is 5.43. The number of hydrogen-bond donors (Lipinski definition) is 3. The van der Waals surface area contributed by atoms with Crippen molar-refractivity contribution < 1.29 is 19.1 Å². The van der Waals surface area contributed by atoms with Gasteiger partial charge < -0.3 is 15.7 Å². The number of rotatable bonds is 4. The minimum Gasteiger partial charge on any atom is -0.386 e. The van der Waals surface area contributed by atoms with Gasteiger partial charge in [-0.25, -0.2) is 4.39 Å². The first kappa shape index (κ1) is 17.4. The molecule has 1 heterocycles. The predicted octanol–water partition coefficient (Wildman–Crippen LogP) is 2.64. The van der Waals surface area contributed by atoms with E-state index in [1.54, 1.807) is 0 Å². The van der Waals surface area contributed by atoms with E-state index in [1.165, 1.54) is 23.5 Å². The number of aliphatic hydroxyl groups is 1. The normalized spacial score (nSPS) is 11.8. The molecule has 0 saturated carbocycles. The van der Waals surface area contributed by atoms with Gasteiger partial charge in [0.25, 0.3) is 0 Å². The van der Waals surface area contributed by atoms with Gasteiger partial charge >= 0.3 is 11.8 Å². The van der Waals surface area contributed by atoms with Crippen molar-refractivity contribution in [1.29, 1.82) is 0 Å². The number of carbonyl (C=O) groups is 2. The third kappa shape index (κ3) is 4.51. The third-order valence-electron chi connectivity index (χ3n) is 3.04. The molecule has 0 aliphatic rings. The minimum atomic E-state index is -0.928. The van der Waals surface area contributed by atoms with Crippen LogP contribution in [0.1, 0.15) is 16.5 Å². The van der Waals surface area contributed by atoms with Crippen molar-refractivity contribution in [3.8, 4) is 0 Å². The van der Waals surface area contributed by atoms with Crippen LogP contribution in [0.15, 0.2) is 29.6 Å². The molecule has 0 spiro atoms. The standard InChI is InChI=1S/C15H14ClFN2O3S/c1-8-4-5-23-13(8)12(20)7-18-14(21)15(22)19-9-2-3-11(17)10(16)6-9/h2-6,12,20H,7H2,1H3,(H,18,21)(H,19,22). The van der Waals surface area contributed by atoms with E-state index in [2.05, 4.69) is 10.6 Å². The number of nitrogens with one attached hydrogen (secondary N) is 2. The largest absolute Gasteiger partial charge is 0.386 e. The fourth-order valence-electron chi connectivity index (χ4n) is 1.85. The summed E-state index contributed by atoms with van der Waals surface area (Å²) in [6.07, 6.45) is -0.882. The number of benzene rings is 1. The first-order valence-corrected chi connectivity index (χ1v) is 7.90. The van der Waals surface area contributed by atoms with Gasteiger partial charge in [-0.2, -0.15) is 0 Å². The summed E-state index contributed by atoms with van der Waals surface area (Å²) in [4.78, 5) is 24.2. The first-order valence-electron chi connectivity index (χ1n) is 6.64. The molecule has 1 atom stereocenters. The summed E-state index contributed by atoms with van der Waals surface area (Å²) in [7, 11) is 0. The first-order chi connectivity index (χ1) is 10.9. The Hall–Kier alpha value is -1.96. The van der Waals surface area contributed by atoms with Crippen LogP contribution in [-0.4, -0.2) is 23.5 Å². The van der Waals surface area contributed by atoms with Crippen LogP contribution in [0.25, 0.3) is 0 Å². The average Bonchev–Trinajstić information content (AvgIpc) is 2.94. The van der Waals surface area contributed by atoms with E-state index in [0.717, 1.165) is 16.5 Å². The van der Waals surface area contributed by atoms with Crippen LogP contribution in [0.5, 0.6) is 0 Å². The Balaban J connectivity index is 1.89. The Morgan fingerprint density at radius 3 is 2.70 bits per heavy atom. The average molecular weight is 357 g/mol. The molecule has 2 amide bonds. The van der Waals surface area contributed by atoms with Crippen molar-refractivity contribution >= 4 is 40.4 Å². The highest BCUT2D eigenvalue weighted by Gasteiger charge is 2.18. The number of thiophene rings is 1. The van der Waals surface area contributed by atoms with Gasteiger partial charge in [0.2, 0.25) is 0 Å². The Labute approximate surface area is 141 Å². The van der Waals surface area contributed by atoms with Gasteiger partial charge in [0.1, 0.15) is 11.9 Å². The summed E-state index contributed by atoms with van der Waals surface area (Å²) < 4.78 is 13.0. The number of carbonyl (C=O) groups excluding carboxylic acids is 2. The highest BCUT2D eigenvalue weighted by molar-refractivity contribution is 7.10. The van der Waals surface area contributed by atoms with E-state index in [9.17, 15) is 19.1 Å². The van der Waals surface area contributed by atoms with E-state index in [4.69, 9.17) is 11.6 Å². The molecule has 1 aromatic carbocycles. The summed E-state index contributed by atoms with van der Waals surface area (Å²) in [5.41, 5.74) is 1.12. The van der Waals surface area contributed by atoms with E-state index >= 15 is 0 Å². The maximum atomic E-state index is 13.0. The SMILES string of the molecule is Cc1ccsc1C(O)CNC(=O)C(=O)Nc1ccc(F)c(Cl)c1. The Morgan fingerprint density at radius 1 is 1.35 bits per heavy atom. The maximum absolute atomic E-state index is 13.0. The summed E-state index contributed by atoms with van der Waals surface area (Å²) in [5.74, 6) is -2.45. The highest BCUT2D eigenvalue weighted by atomic mass is 35.5. The number of aryl methyl sites for hydroxylation is 1. The quantitative estimate of drug-likeness (QED) is 0.737. The number of halogens is 2. The topological polar surface area (TPSA) is 78.4 Å². The van der Waals surface area contributed by atoms with Crippen LogP contribution < -0.4 is 10.6 Å². The summed E-state index contributed by atoms with van der Waals surface area (Å²) in [5, 5.41) is 16.3. The fourth-order valence-corrected chi connectivity index (χ4v) is 2.94. The zero-order valence-corrected chi connectivity index (χ0v) is 13.7. The van der Waals surface area contributed by atoms with Crippen molar-refractivity contribution in [2.75, 3.05) is 11.9 Å². The van der Waals surface area contributed by atoms with Crippen molar-refractivity contribution in [1.82, 2.24) is 5.32 Å². The van der Waals surface area contributed by atoms with Crippen LogP contribution in [0.2, 0.25) is 5.02 Å². The molecule has 5 nitrogen and oxygen atoms in total. The molecule has 0 aliphatic heterocycles. The Morgan fingerprint density at radius 2 is 2.09 bits per heavy atom. The number of amides is 2. The predicted molar refractivity (Wildman–Crippen MR) is 87.1 cm³/mol. The van der Waals surface area contributed by atoms with Gasteiger partial charge in [-0.05, 0) is 42.1 Å². The lowest BCUT2D eigenvalue weighted by Gasteiger charge is -2.11. The lowest BCUT2D eigenvalue weighted by atomic mass is 10.2. The number of anilines is 1. The van der Waals surface area contributed by atoms with Crippen LogP contribution in [-0.2, 0) is 9.59 Å². The molecule has 0 aliphatic carbocycles. The monoisotopic (exact) mass is 356 g/mol. The molecule has 0 saturated heterocycles. The van der Waals surface area contributed by atoms with Crippen LogP contribution >= 0.6 is 22.9 Å². The third-order valence-corrected chi connectivity index (χ3v) is 4.45. The van der Waals surface area contributed by atoms with Crippen molar-refractivity contribution in [3.05, 3.63) is 50.9 Å². The van der Waals surface area contributed by atoms with E-state index in [1.807, 2.05) is 18.4 Å². The molecule has 3 N–H and O–H groups in total. The zero-order valence-electron chi connectivity index (χ0n) is 12.1. The van der Waals surface area contributed by atoms with Crippen LogP contribution in [0.4, 0.5) is 10.1 Å².